The first kappa shape index (κ1) is 9.52. The first-order valence-corrected chi connectivity index (χ1v) is 4.67. The van der Waals surface area contributed by atoms with Crippen LogP contribution in [0, 0.1) is 6.92 Å². The molecule has 0 amide bonds. The summed E-state index contributed by atoms with van der Waals surface area (Å²) >= 11 is 0. The summed E-state index contributed by atoms with van der Waals surface area (Å²) in [6.07, 6.45) is 1.31. The smallest absolute Gasteiger partial charge is 0.256 e. The molecule has 2 rings (SSSR count). The Bertz CT molecular complexity index is 529. The van der Waals surface area contributed by atoms with E-state index in [0.29, 0.717) is 11.1 Å². The number of aromatic hydroxyl groups is 1. The minimum Gasteiger partial charge on any atom is -0.506 e. The molecule has 0 aliphatic heterocycles. The van der Waals surface area contributed by atoms with E-state index in [2.05, 4.69) is 4.98 Å². The summed E-state index contributed by atoms with van der Waals surface area (Å²) in [7, 11) is 0. The van der Waals surface area contributed by atoms with Gasteiger partial charge in [-0.05, 0) is 12.5 Å². The van der Waals surface area contributed by atoms with Crippen LogP contribution in [-0.2, 0) is 0 Å². The van der Waals surface area contributed by atoms with Crippen molar-refractivity contribution in [2.75, 3.05) is 0 Å². The SMILES string of the molecule is Cc1c(O)c[nH]c(=O)c1-c1ccccc1. The Balaban J connectivity index is 2.73. The topological polar surface area (TPSA) is 53.1 Å². The molecule has 2 N–H and O–H groups in total. The minimum absolute atomic E-state index is 0.105. The van der Waals surface area contributed by atoms with Crippen molar-refractivity contribution in [1.29, 1.82) is 0 Å². The number of hydrogen-bond acceptors (Lipinski definition) is 2. The van der Waals surface area contributed by atoms with Crippen molar-refractivity contribution in [2.45, 2.75) is 6.92 Å². The second kappa shape index (κ2) is 3.61. The Kier molecular flexibility index (Phi) is 2.29. The summed E-state index contributed by atoms with van der Waals surface area (Å²) in [5.41, 5.74) is 1.75. The van der Waals surface area contributed by atoms with E-state index < -0.39 is 0 Å². The van der Waals surface area contributed by atoms with Gasteiger partial charge in [-0.15, -0.1) is 0 Å². The Labute approximate surface area is 87.0 Å². The van der Waals surface area contributed by atoms with E-state index in [0.717, 1.165) is 5.56 Å². The fourth-order valence-electron chi connectivity index (χ4n) is 1.57. The lowest BCUT2D eigenvalue weighted by Crippen LogP contribution is -2.09. The number of H-pyrrole nitrogens is 1. The van der Waals surface area contributed by atoms with Crippen molar-refractivity contribution in [3.8, 4) is 16.9 Å². The van der Waals surface area contributed by atoms with Crippen molar-refractivity contribution in [2.24, 2.45) is 0 Å². The molecule has 1 aromatic heterocycles. The lowest BCUT2D eigenvalue weighted by atomic mass is 10.0. The fraction of sp³-hybridized carbons (Fsp3) is 0.0833. The van der Waals surface area contributed by atoms with Gasteiger partial charge >= 0.3 is 0 Å². The summed E-state index contributed by atoms with van der Waals surface area (Å²) < 4.78 is 0. The quantitative estimate of drug-likeness (QED) is 0.742. The van der Waals surface area contributed by atoms with Crippen LogP contribution in [0.25, 0.3) is 11.1 Å². The zero-order valence-corrected chi connectivity index (χ0v) is 8.32. The maximum Gasteiger partial charge on any atom is 0.256 e. The summed E-state index contributed by atoms with van der Waals surface area (Å²) in [5.74, 6) is 0.105. The second-order valence-electron chi connectivity index (χ2n) is 3.37. The molecular formula is C12H11NO2. The van der Waals surface area contributed by atoms with Crippen LogP contribution in [-0.4, -0.2) is 10.1 Å². The van der Waals surface area contributed by atoms with E-state index in [9.17, 15) is 9.90 Å². The Morgan fingerprint density at radius 3 is 2.53 bits per heavy atom. The molecule has 2 aromatic rings. The van der Waals surface area contributed by atoms with Crippen molar-refractivity contribution in [3.05, 3.63) is 52.4 Å². The third-order valence-corrected chi connectivity index (χ3v) is 2.39. The fourth-order valence-corrected chi connectivity index (χ4v) is 1.57. The molecule has 3 heteroatoms. The number of pyridine rings is 1. The van der Waals surface area contributed by atoms with Crippen LogP contribution >= 0.6 is 0 Å². The Morgan fingerprint density at radius 2 is 1.87 bits per heavy atom. The van der Waals surface area contributed by atoms with Gasteiger partial charge < -0.3 is 10.1 Å². The van der Waals surface area contributed by atoms with Crippen LogP contribution in [0.2, 0.25) is 0 Å². The lowest BCUT2D eigenvalue weighted by Gasteiger charge is -2.05. The maximum absolute atomic E-state index is 11.6. The summed E-state index contributed by atoms with van der Waals surface area (Å²) in [5, 5.41) is 9.52. The monoisotopic (exact) mass is 201 g/mol. The van der Waals surface area contributed by atoms with E-state index in [1.54, 1.807) is 6.92 Å². The van der Waals surface area contributed by atoms with Gasteiger partial charge in [-0.1, -0.05) is 30.3 Å². The number of nitrogens with one attached hydrogen (secondary N) is 1. The van der Waals surface area contributed by atoms with Crippen LogP contribution in [0.5, 0.6) is 5.75 Å². The number of aromatic amines is 1. The first-order chi connectivity index (χ1) is 7.20. The van der Waals surface area contributed by atoms with Gasteiger partial charge in [0.1, 0.15) is 5.75 Å². The largest absolute Gasteiger partial charge is 0.506 e. The van der Waals surface area contributed by atoms with Crippen molar-refractivity contribution in [3.63, 3.8) is 0 Å². The molecule has 0 radical (unpaired) electrons. The highest BCUT2D eigenvalue weighted by Gasteiger charge is 2.09. The van der Waals surface area contributed by atoms with Crippen LogP contribution in [0.4, 0.5) is 0 Å². The summed E-state index contributed by atoms with van der Waals surface area (Å²) in [6, 6.07) is 9.29. The summed E-state index contributed by atoms with van der Waals surface area (Å²) in [4.78, 5) is 14.1. The molecule has 1 aromatic carbocycles. The van der Waals surface area contributed by atoms with E-state index in [4.69, 9.17) is 0 Å². The van der Waals surface area contributed by atoms with Gasteiger partial charge in [0, 0.05) is 11.8 Å². The van der Waals surface area contributed by atoms with Gasteiger partial charge in [-0.2, -0.15) is 0 Å². The molecule has 1 heterocycles. The standard InChI is InChI=1S/C12H11NO2/c1-8-10(14)7-13-12(15)11(8)9-5-3-2-4-6-9/h2-7,14H,1H3,(H,13,15). The Morgan fingerprint density at radius 1 is 1.20 bits per heavy atom. The highest BCUT2D eigenvalue weighted by Crippen LogP contribution is 2.24. The molecule has 0 aliphatic carbocycles. The number of rotatable bonds is 1. The van der Waals surface area contributed by atoms with E-state index in [1.807, 2.05) is 30.3 Å². The molecule has 0 saturated heterocycles. The average molecular weight is 201 g/mol. The van der Waals surface area contributed by atoms with E-state index in [-0.39, 0.29) is 11.3 Å². The van der Waals surface area contributed by atoms with Gasteiger partial charge in [0.2, 0.25) is 0 Å². The van der Waals surface area contributed by atoms with Gasteiger partial charge in [0.05, 0.1) is 5.56 Å². The maximum atomic E-state index is 11.6. The van der Waals surface area contributed by atoms with Gasteiger partial charge in [0.25, 0.3) is 5.56 Å². The molecule has 3 nitrogen and oxygen atoms in total. The predicted octanol–water partition coefficient (Wildman–Crippen LogP) is 2.06. The third-order valence-electron chi connectivity index (χ3n) is 2.39. The molecule has 0 bridgehead atoms. The van der Waals surface area contributed by atoms with E-state index in [1.165, 1.54) is 6.20 Å². The van der Waals surface area contributed by atoms with E-state index >= 15 is 0 Å². The highest BCUT2D eigenvalue weighted by molar-refractivity contribution is 5.68. The molecular weight excluding hydrogens is 190 g/mol. The van der Waals surface area contributed by atoms with Crippen molar-refractivity contribution in [1.82, 2.24) is 4.98 Å². The lowest BCUT2D eigenvalue weighted by molar-refractivity contribution is 0.468. The van der Waals surface area contributed by atoms with Crippen LogP contribution in [0.1, 0.15) is 5.56 Å². The van der Waals surface area contributed by atoms with Crippen LogP contribution < -0.4 is 5.56 Å². The van der Waals surface area contributed by atoms with Crippen LogP contribution in [0.3, 0.4) is 0 Å². The molecule has 76 valence electrons. The molecule has 15 heavy (non-hydrogen) atoms. The van der Waals surface area contributed by atoms with Crippen LogP contribution in [0.15, 0.2) is 41.3 Å². The molecule has 0 fully saturated rings. The van der Waals surface area contributed by atoms with Crippen molar-refractivity contribution >= 4 is 0 Å². The first-order valence-electron chi connectivity index (χ1n) is 4.67. The molecule has 0 atom stereocenters. The predicted molar refractivity (Wildman–Crippen MR) is 58.9 cm³/mol. The normalized spacial score (nSPS) is 10.2. The van der Waals surface area contributed by atoms with Gasteiger partial charge in [-0.25, -0.2) is 0 Å². The summed E-state index contributed by atoms with van der Waals surface area (Å²) in [6.45, 7) is 1.73. The zero-order chi connectivity index (χ0) is 10.8. The number of hydrogen-bond donors (Lipinski definition) is 2. The molecule has 0 aliphatic rings. The molecule has 0 unspecified atom stereocenters. The highest BCUT2D eigenvalue weighted by atomic mass is 16.3. The van der Waals surface area contributed by atoms with Crippen molar-refractivity contribution < 1.29 is 5.11 Å². The number of benzene rings is 1. The van der Waals surface area contributed by atoms with Gasteiger partial charge in [0.15, 0.2) is 0 Å². The number of aromatic nitrogens is 1. The zero-order valence-electron chi connectivity index (χ0n) is 8.32. The third kappa shape index (κ3) is 1.64. The molecule has 0 spiro atoms. The second-order valence-corrected chi connectivity index (χ2v) is 3.37. The average Bonchev–Trinajstić information content (AvgIpc) is 2.26. The van der Waals surface area contributed by atoms with Gasteiger partial charge in [-0.3, -0.25) is 4.79 Å². The minimum atomic E-state index is -0.184. The molecule has 0 saturated carbocycles. The Hall–Kier alpha value is -2.03.